The number of rotatable bonds is 9. The highest BCUT2D eigenvalue weighted by atomic mass is 79.9. The van der Waals surface area contributed by atoms with E-state index in [0.29, 0.717) is 58.5 Å². The summed E-state index contributed by atoms with van der Waals surface area (Å²) >= 11 is 3.44. The number of hydrogen-bond acceptors (Lipinski definition) is 6. The van der Waals surface area contributed by atoms with Crippen LogP contribution in [0.1, 0.15) is 52.7 Å². The van der Waals surface area contributed by atoms with E-state index in [-0.39, 0.29) is 24.1 Å². The lowest BCUT2D eigenvalue weighted by Crippen LogP contribution is -2.43. The molecule has 6 rings (SSSR count). The number of halogens is 4. The van der Waals surface area contributed by atoms with Crippen LogP contribution in [-0.4, -0.2) is 58.2 Å². The van der Waals surface area contributed by atoms with Crippen molar-refractivity contribution in [1.29, 1.82) is 0 Å². The highest BCUT2D eigenvalue weighted by Crippen LogP contribution is 2.46. The van der Waals surface area contributed by atoms with Gasteiger partial charge in [0.25, 0.3) is 5.91 Å². The maximum atomic E-state index is 14.4. The Balaban J connectivity index is 1.47. The Bertz CT molecular complexity index is 1660. The summed E-state index contributed by atoms with van der Waals surface area (Å²) in [4.78, 5) is 26.1. The van der Waals surface area contributed by atoms with E-state index in [4.69, 9.17) is 4.98 Å². The molecule has 2 aliphatic rings. The van der Waals surface area contributed by atoms with Crippen LogP contribution in [-0.2, 0) is 18.3 Å². The van der Waals surface area contributed by atoms with Gasteiger partial charge in [0.2, 0.25) is 0 Å². The van der Waals surface area contributed by atoms with Gasteiger partial charge in [-0.3, -0.25) is 14.7 Å². The van der Waals surface area contributed by atoms with Crippen LogP contribution < -0.4 is 10.6 Å². The van der Waals surface area contributed by atoms with Gasteiger partial charge in [0.1, 0.15) is 5.52 Å². The van der Waals surface area contributed by atoms with Gasteiger partial charge in [-0.05, 0) is 78.5 Å². The lowest BCUT2D eigenvalue weighted by atomic mass is 9.95. The number of nitrogens with one attached hydrogen (secondary N) is 2. The quantitative estimate of drug-likeness (QED) is 0.202. The Morgan fingerprint density at radius 3 is 2.50 bits per heavy atom. The van der Waals surface area contributed by atoms with Crippen LogP contribution in [0.25, 0.3) is 22.3 Å². The second-order valence-corrected chi connectivity index (χ2v) is 12.5. The number of hydrogen-bond donors (Lipinski definition) is 3. The van der Waals surface area contributed by atoms with Crippen molar-refractivity contribution in [1.82, 2.24) is 25.5 Å². The fourth-order valence-electron chi connectivity index (χ4n) is 6.07. The van der Waals surface area contributed by atoms with Gasteiger partial charge in [0.15, 0.2) is 0 Å². The first-order valence-electron chi connectivity index (χ1n) is 14.8. The van der Waals surface area contributed by atoms with Crippen LogP contribution in [0.15, 0.2) is 71.3 Å². The zero-order chi connectivity index (χ0) is 30.9. The number of aliphatic hydroxyl groups is 1. The maximum Gasteiger partial charge on any atom is 0.416 e. The molecule has 0 radical (unpaired) electrons. The number of piperidine rings is 1. The molecule has 7 nitrogen and oxygen atoms in total. The maximum absolute atomic E-state index is 14.4. The lowest BCUT2D eigenvalue weighted by Gasteiger charge is -2.33. The van der Waals surface area contributed by atoms with E-state index in [0.717, 1.165) is 43.4 Å². The van der Waals surface area contributed by atoms with Gasteiger partial charge >= 0.3 is 6.18 Å². The van der Waals surface area contributed by atoms with Crippen molar-refractivity contribution in [2.75, 3.05) is 26.2 Å². The number of carbonyl (C=O) groups is 1. The van der Waals surface area contributed by atoms with Gasteiger partial charge in [-0.1, -0.05) is 42.5 Å². The van der Waals surface area contributed by atoms with Gasteiger partial charge in [0, 0.05) is 40.9 Å². The first-order valence-corrected chi connectivity index (χ1v) is 15.6. The summed E-state index contributed by atoms with van der Waals surface area (Å²) in [6.07, 6.45) is 0.323. The molecule has 1 aliphatic carbocycles. The zero-order valence-corrected chi connectivity index (χ0v) is 25.6. The van der Waals surface area contributed by atoms with Crippen LogP contribution in [0.4, 0.5) is 13.2 Å². The number of likely N-dealkylation sites (tertiary alicyclic amines) is 1. The van der Waals surface area contributed by atoms with Crippen LogP contribution in [0, 0.1) is 0 Å². The minimum absolute atomic E-state index is 0.0649. The molecule has 4 aromatic rings. The Morgan fingerprint density at radius 1 is 1.07 bits per heavy atom. The summed E-state index contributed by atoms with van der Waals surface area (Å²) in [5.41, 5.74) is 2.04. The smallest absolute Gasteiger partial charge is 0.395 e. The number of fused-ring (bicyclic) bond motifs is 1. The number of aliphatic hydroxyl groups excluding tert-OH is 1. The minimum atomic E-state index is -4.53. The number of benzene rings is 2. The molecule has 2 fully saturated rings. The molecule has 1 saturated carbocycles. The lowest BCUT2D eigenvalue weighted by molar-refractivity contribution is -0.137. The van der Waals surface area contributed by atoms with Gasteiger partial charge in [-0.25, -0.2) is 4.98 Å². The molecular formula is C33H33BrF3N5O2. The summed E-state index contributed by atoms with van der Waals surface area (Å²) in [5.74, 6) is -0.323. The topological polar surface area (TPSA) is 90.4 Å². The van der Waals surface area contributed by atoms with E-state index in [1.165, 1.54) is 6.07 Å². The molecule has 0 bridgehead atoms. The predicted octanol–water partition coefficient (Wildman–Crippen LogP) is 6.04. The SMILES string of the molecule is O=C(NC1(c2ccccc2)CC1)c1c(CN2CCC(NCCO)CC2)c(-c2cccc(C(F)(F)F)c2)nc2cc(Br)cnc12. The first-order chi connectivity index (χ1) is 21.2. The Morgan fingerprint density at radius 2 is 1.82 bits per heavy atom. The molecule has 0 spiro atoms. The molecule has 1 saturated heterocycles. The van der Waals surface area contributed by atoms with Crippen LogP contribution in [0.5, 0.6) is 0 Å². The van der Waals surface area contributed by atoms with Crippen molar-refractivity contribution in [2.45, 2.75) is 50.0 Å². The first kappa shape index (κ1) is 30.6. The number of nitrogens with zero attached hydrogens (tertiary/aromatic N) is 3. The Hall–Kier alpha value is -3.38. The monoisotopic (exact) mass is 667 g/mol. The van der Waals surface area contributed by atoms with Crippen molar-refractivity contribution < 1.29 is 23.1 Å². The third kappa shape index (κ3) is 6.51. The molecule has 3 heterocycles. The number of alkyl halides is 3. The summed E-state index contributed by atoms with van der Waals surface area (Å²) < 4.78 is 42.1. The third-order valence-corrected chi connectivity index (χ3v) is 8.96. The normalized spacial score (nSPS) is 17.1. The Kier molecular flexibility index (Phi) is 8.74. The summed E-state index contributed by atoms with van der Waals surface area (Å²) in [6.45, 7) is 2.33. The molecule has 0 unspecified atom stereocenters. The van der Waals surface area contributed by atoms with Crippen molar-refractivity contribution in [2.24, 2.45) is 0 Å². The van der Waals surface area contributed by atoms with Crippen molar-refractivity contribution in [3.05, 3.63) is 93.6 Å². The molecule has 3 N–H and O–H groups in total. The second-order valence-electron chi connectivity index (χ2n) is 11.5. The van der Waals surface area contributed by atoms with E-state index in [1.54, 1.807) is 18.3 Å². The standard InChI is InChI=1S/C33H33BrF3N5O2/c34-24-18-27-30(39-19-24)28(31(44)41-32(11-12-32)22-6-2-1-3-7-22)26(20-42-14-9-25(10-15-42)38-13-16-43)29(40-27)21-5-4-8-23(17-21)33(35,36)37/h1-8,17-19,25,38,43H,9-16,20H2,(H,41,44). The molecule has 1 aliphatic heterocycles. The average molecular weight is 669 g/mol. The predicted molar refractivity (Wildman–Crippen MR) is 166 cm³/mol. The van der Waals surface area contributed by atoms with Crippen molar-refractivity contribution in [3.63, 3.8) is 0 Å². The fourth-order valence-corrected chi connectivity index (χ4v) is 6.39. The molecule has 0 atom stereocenters. The summed E-state index contributed by atoms with van der Waals surface area (Å²) in [5, 5.41) is 15.8. The van der Waals surface area contributed by atoms with Gasteiger partial charge < -0.3 is 15.7 Å². The van der Waals surface area contributed by atoms with Crippen LogP contribution in [0.2, 0.25) is 0 Å². The molecule has 11 heteroatoms. The molecule has 2 aromatic heterocycles. The minimum Gasteiger partial charge on any atom is -0.395 e. The Labute approximate surface area is 262 Å². The van der Waals surface area contributed by atoms with E-state index in [9.17, 15) is 23.1 Å². The highest BCUT2D eigenvalue weighted by Gasteiger charge is 2.46. The summed E-state index contributed by atoms with van der Waals surface area (Å²) in [7, 11) is 0. The van der Waals surface area contributed by atoms with Gasteiger partial charge in [0.05, 0.1) is 34.5 Å². The van der Waals surface area contributed by atoms with Crippen LogP contribution >= 0.6 is 15.9 Å². The number of amides is 1. The van der Waals surface area contributed by atoms with E-state index in [2.05, 4.69) is 36.4 Å². The highest BCUT2D eigenvalue weighted by molar-refractivity contribution is 9.10. The third-order valence-electron chi connectivity index (χ3n) is 8.52. The van der Waals surface area contributed by atoms with Gasteiger partial charge in [-0.2, -0.15) is 13.2 Å². The van der Waals surface area contributed by atoms with Crippen LogP contribution in [0.3, 0.4) is 0 Å². The molecule has 230 valence electrons. The van der Waals surface area contributed by atoms with Crippen molar-refractivity contribution >= 4 is 32.9 Å². The number of pyridine rings is 2. The number of carbonyl (C=O) groups excluding carboxylic acids is 1. The zero-order valence-electron chi connectivity index (χ0n) is 24.0. The average Bonchev–Trinajstić information content (AvgIpc) is 3.81. The van der Waals surface area contributed by atoms with E-state index < -0.39 is 17.3 Å². The van der Waals surface area contributed by atoms with E-state index in [1.807, 2.05) is 30.3 Å². The van der Waals surface area contributed by atoms with E-state index >= 15 is 0 Å². The number of aromatic nitrogens is 2. The van der Waals surface area contributed by atoms with Gasteiger partial charge in [-0.15, -0.1) is 0 Å². The second kappa shape index (κ2) is 12.5. The molecule has 44 heavy (non-hydrogen) atoms. The largest absolute Gasteiger partial charge is 0.416 e. The van der Waals surface area contributed by atoms with Crippen molar-refractivity contribution in [3.8, 4) is 11.3 Å². The summed E-state index contributed by atoms with van der Waals surface area (Å²) in [6, 6.07) is 16.9. The molecule has 2 aromatic carbocycles. The molecular weight excluding hydrogens is 635 g/mol. The fraction of sp³-hybridized carbons (Fsp3) is 0.364. The molecule has 1 amide bonds.